The lowest BCUT2D eigenvalue weighted by Crippen LogP contribution is -2.46. The Kier molecular flexibility index (Phi) is 8.02. The smallest absolute Gasteiger partial charge is 0.437 e. The molecular weight excluding hydrogens is 482 g/mol. The van der Waals surface area contributed by atoms with Crippen LogP contribution >= 0.6 is 11.3 Å². The first-order valence-electron chi connectivity index (χ1n) is 11.2. The lowest BCUT2D eigenvalue weighted by molar-refractivity contribution is -0.114. The molecule has 1 saturated heterocycles. The van der Waals surface area contributed by atoms with E-state index in [2.05, 4.69) is 35.1 Å². The number of aliphatic imine (C=N–C) groups is 1. The minimum atomic E-state index is -0.838. The Hall–Kier alpha value is -4.10. The van der Waals surface area contributed by atoms with Gasteiger partial charge in [0.2, 0.25) is 11.9 Å². The summed E-state index contributed by atoms with van der Waals surface area (Å²) in [6.45, 7) is 5.58. The second kappa shape index (κ2) is 11.6. The number of carbonyl (C=O) groups is 2. The average molecular weight is 510 g/mol. The fourth-order valence-corrected chi connectivity index (χ4v) is 4.43. The van der Waals surface area contributed by atoms with E-state index in [4.69, 9.17) is 16.2 Å². The van der Waals surface area contributed by atoms with Crippen molar-refractivity contribution in [2.45, 2.75) is 20.1 Å². The molecule has 13 heteroatoms. The summed E-state index contributed by atoms with van der Waals surface area (Å²) in [5.41, 5.74) is 13.8. The van der Waals surface area contributed by atoms with Gasteiger partial charge in [0.15, 0.2) is 11.1 Å². The van der Waals surface area contributed by atoms with Crippen LogP contribution in [-0.2, 0) is 22.7 Å². The number of ether oxygens (including phenoxy) is 1. The van der Waals surface area contributed by atoms with Crippen molar-refractivity contribution in [3.05, 3.63) is 53.3 Å². The Morgan fingerprint density at radius 3 is 2.58 bits per heavy atom. The van der Waals surface area contributed by atoms with E-state index < -0.39 is 6.09 Å². The van der Waals surface area contributed by atoms with Gasteiger partial charge in [-0.1, -0.05) is 18.2 Å². The molecule has 0 atom stereocenters. The van der Waals surface area contributed by atoms with Crippen LogP contribution in [0.2, 0.25) is 0 Å². The number of hydrogen-bond acceptors (Lipinski definition) is 9. The van der Waals surface area contributed by atoms with E-state index in [1.807, 2.05) is 29.6 Å². The van der Waals surface area contributed by atoms with Gasteiger partial charge >= 0.3 is 6.09 Å². The van der Waals surface area contributed by atoms with Crippen LogP contribution in [-0.4, -0.2) is 64.0 Å². The first-order chi connectivity index (χ1) is 17.4. The first-order valence-corrected chi connectivity index (χ1v) is 12.1. The molecular formula is C23H27N9O3S. The molecule has 1 aliphatic rings. The van der Waals surface area contributed by atoms with Gasteiger partial charge in [0.25, 0.3) is 0 Å². The van der Waals surface area contributed by atoms with E-state index in [0.717, 1.165) is 55.1 Å². The number of benzene rings is 1. The van der Waals surface area contributed by atoms with Crippen LogP contribution < -0.4 is 21.7 Å². The molecule has 3 heterocycles. The first kappa shape index (κ1) is 25.0. The molecule has 0 radical (unpaired) electrons. The number of thiazole rings is 1. The molecule has 1 fully saturated rings. The number of guanidine groups is 1. The maximum absolute atomic E-state index is 11.5. The Morgan fingerprint density at radius 1 is 1.14 bits per heavy atom. The third-order valence-corrected chi connectivity index (χ3v) is 6.16. The molecule has 3 aromatic rings. The molecule has 4 rings (SSSR count). The fraction of sp³-hybridized carbons (Fsp3) is 0.304. The SMILES string of the molecule is CC(=O)Nc1nc(CN2CCN(c3ncc(-c4cccc(COC(=O)N=C(N)N)c4)cn3)CC2)cs1. The highest BCUT2D eigenvalue weighted by Gasteiger charge is 2.20. The number of nitrogens with zero attached hydrogens (tertiary/aromatic N) is 6. The van der Waals surface area contributed by atoms with Gasteiger partial charge in [-0.2, -0.15) is 0 Å². The van der Waals surface area contributed by atoms with Crippen LogP contribution in [0.15, 0.2) is 47.0 Å². The normalized spacial score (nSPS) is 13.8. The number of carbonyl (C=O) groups excluding carboxylic acids is 2. The summed E-state index contributed by atoms with van der Waals surface area (Å²) in [6, 6.07) is 7.55. The summed E-state index contributed by atoms with van der Waals surface area (Å²) in [5, 5.41) is 5.32. The van der Waals surface area contributed by atoms with Gasteiger partial charge in [-0.05, 0) is 17.2 Å². The fourth-order valence-electron chi connectivity index (χ4n) is 3.68. The predicted octanol–water partition coefficient (Wildman–Crippen LogP) is 1.79. The molecule has 5 N–H and O–H groups in total. The molecule has 0 spiro atoms. The van der Waals surface area contributed by atoms with E-state index in [1.54, 1.807) is 12.4 Å². The lowest BCUT2D eigenvalue weighted by atomic mass is 10.1. The molecule has 1 aromatic carbocycles. The number of nitrogens with one attached hydrogen (secondary N) is 1. The van der Waals surface area contributed by atoms with E-state index in [0.29, 0.717) is 11.1 Å². The largest absolute Gasteiger partial charge is 0.443 e. The zero-order valence-electron chi connectivity index (χ0n) is 19.8. The van der Waals surface area contributed by atoms with Crippen molar-refractivity contribution in [1.82, 2.24) is 19.9 Å². The highest BCUT2D eigenvalue weighted by molar-refractivity contribution is 7.13. The molecule has 188 valence electrons. The van der Waals surface area contributed by atoms with Crippen LogP contribution in [0.25, 0.3) is 11.1 Å². The molecule has 12 nitrogen and oxygen atoms in total. The molecule has 1 aliphatic heterocycles. The Morgan fingerprint density at radius 2 is 1.89 bits per heavy atom. The van der Waals surface area contributed by atoms with Crippen molar-refractivity contribution in [3.63, 3.8) is 0 Å². The molecule has 0 saturated carbocycles. The second-order valence-electron chi connectivity index (χ2n) is 8.15. The van der Waals surface area contributed by atoms with Crippen molar-refractivity contribution >= 4 is 40.4 Å². The van der Waals surface area contributed by atoms with Gasteiger partial charge in [0.05, 0.1) is 5.69 Å². The summed E-state index contributed by atoms with van der Waals surface area (Å²) >= 11 is 1.43. The van der Waals surface area contributed by atoms with Gasteiger partial charge in [-0.25, -0.2) is 19.7 Å². The molecule has 0 unspecified atom stereocenters. The Bertz CT molecular complexity index is 1230. The molecule has 0 bridgehead atoms. The summed E-state index contributed by atoms with van der Waals surface area (Å²) < 4.78 is 5.04. The number of rotatable bonds is 7. The predicted molar refractivity (Wildman–Crippen MR) is 137 cm³/mol. The highest BCUT2D eigenvalue weighted by Crippen LogP contribution is 2.22. The van der Waals surface area contributed by atoms with Crippen molar-refractivity contribution in [2.75, 3.05) is 36.4 Å². The van der Waals surface area contributed by atoms with Gasteiger partial charge in [-0.15, -0.1) is 16.3 Å². The molecule has 0 aliphatic carbocycles. The molecule has 2 amide bonds. The second-order valence-corrected chi connectivity index (χ2v) is 9.01. The number of piperazine rings is 1. The molecule has 36 heavy (non-hydrogen) atoms. The van der Waals surface area contributed by atoms with Crippen LogP contribution in [0, 0.1) is 0 Å². The van der Waals surface area contributed by atoms with Crippen molar-refractivity contribution in [2.24, 2.45) is 16.5 Å². The quantitative estimate of drug-likeness (QED) is 0.316. The number of amides is 2. The summed E-state index contributed by atoms with van der Waals surface area (Å²) in [7, 11) is 0. The van der Waals surface area contributed by atoms with Crippen molar-refractivity contribution < 1.29 is 14.3 Å². The Balaban J connectivity index is 1.30. The lowest BCUT2D eigenvalue weighted by Gasteiger charge is -2.34. The third kappa shape index (κ3) is 6.96. The maximum atomic E-state index is 11.5. The zero-order chi connectivity index (χ0) is 25.5. The summed E-state index contributed by atoms with van der Waals surface area (Å²) in [6.07, 6.45) is 2.74. The van der Waals surface area contributed by atoms with E-state index in [1.165, 1.54) is 18.3 Å². The maximum Gasteiger partial charge on any atom is 0.437 e. The molecule has 2 aromatic heterocycles. The van der Waals surface area contributed by atoms with Gasteiger partial charge in [0.1, 0.15) is 6.61 Å². The van der Waals surface area contributed by atoms with Crippen LogP contribution in [0.5, 0.6) is 0 Å². The topological polar surface area (TPSA) is 165 Å². The zero-order valence-corrected chi connectivity index (χ0v) is 20.6. The third-order valence-electron chi connectivity index (χ3n) is 5.36. The number of hydrogen-bond donors (Lipinski definition) is 3. The minimum absolute atomic E-state index is 0.0438. The minimum Gasteiger partial charge on any atom is -0.443 e. The standard InChI is InChI=1S/C23H27N9O3S/c1-15(33)28-22-29-19(14-36-22)12-31-5-7-32(8-6-31)21-26-10-18(11-27-21)17-4-2-3-16(9-17)13-35-23(34)30-20(24)25/h2-4,9-11,14H,5-8,12-13H2,1H3,(H,28,29,33)(H4,24,25,30,34). The van der Waals surface area contributed by atoms with Gasteiger partial charge < -0.3 is 26.4 Å². The van der Waals surface area contributed by atoms with E-state index in [-0.39, 0.29) is 18.5 Å². The highest BCUT2D eigenvalue weighted by atomic mass is 32.1. The van der Waals surface area contributed by atoms with Crippen molar-refractivity contribution in [3.8, 4) is 11.1 Å². The van der Waals surface area contributed by atoms with E-state index in [9.17, 15) is 9.59 Å². The van der Waals surface area contributed by atoms with Crippen LogP contribution in [0.4, 0.5) is 15.9 Å². The van der Waals surface area contributed by atoms with Crippen molar-refractivity contribution in [1.29, 1.82) is 0 Å². The van der Waals surface area contributed by atoms with Gasteiger partial charge in [-0.3, -0.25) is 9.69 Å². The summed E-state index contributed by atoms with van der Waals surface area (Å²) in [4.78, 5) is 44.1. The Labute approximate surface area is 212 Å². The monoisotopic (exact) mass is 509 g/mol. The van der Waals surface area contributed by atoms with Gasteiger partial charge in [0, 0.05) is 63.0 Å². The van der Waals surface area contributed by atoms with Crippen LogP contribution in [0.1, 0.15) is 18.2 Å². The van der Waals surface area contributed by atoms with E-state index >= 15 is 0 Å². The number of aromatic nitrogens is 3. The average Bonchev–Trinajstić information content (AvgIpc) is 3.29. The number of anilines is 2. The summed E-state index contributed by atoms with van der Waals surface area (Å²) in [5.74, 6) is 0.222. The number of nitrogens with two attached hydrogens (primary N) is 2. The van der Waals surface area contributed by atoms with Crippen LogP contribution in [0.3, 0.4) is 0 Å².